The van der Waals surface area contributed by atoms with Gasteiger partial charge in [0.05, 0.1) is 23.8 Å². The molecule has 2 saturated heterocycles. The van der Waals surface area contributed by atoms with Gasteiger partial charge in [-0.05, 0) is 52.5 Å². The number of carbonyl (C=O) groups excluding carboxylic acids is 3. The van der Waals surface area contributed by atoms with Crippen molar-refractivity contribution in [2.24, 2.45) is 0 Å². The molecule has 0 saturated carbocycles. The van der Waals surface area contributed by atoms with Crippen LogP contribution in [0.3, 0.4) is 0 Å². The molecule has 2 aliphatic heterocycles. The molecular formula is C25H31BN4O5. The van der Waals surface area contributed by atoms with Crippen molar-refractivity contribution in [3.63, 3.8) is 0 Å². The fraction of sp³-hybridized carbons (Fsp3) is 0.480. The third-order valence-electron chi connectivity index (χ3n) is 7.29. The van der Waals surface area contributed by atoms with Crippen molar-refractivity contribution in [2.75, 3.05) is 0 Å². The van der Waals surface area contributed by atoms with E-state index in [0.717, 1.165) is 12.0 Å². The average molecular weight is 478 g/mol. The monoisotopic (exact) mass is 478 g/mol. The molecule has 2 N–H and O–H groups in total. The van der Waals surface area contributed by atoms with Gasteiger partial charge in [-0.1, -0.05) is 30.3 Å². The van der Waals surface area contributed by atoms with Crippen LogP contribution in [0.15, 0.2) is 48.9 Å². The minimum atomic E-state index is -1.55. The van der Waals surface area contributed by atoms with Crippen LogP contribution < -0.4 is 10.6 Å². The molecular weight excluding hydrogens is 447 g/mol. The number of imide groups is 1. The van der Waals surface area contributed by atoms with Crippen molar-refractivity contribution in [1.29, 1.82) is 0 Å². The largest absolute Gasteiger partial charge is 0.464 e. The first-order valence-electron chi connectivity index (χ1n) is 11.9. The zero-order valence-electron chi connectivity index (χ0n) is 20.5. The van der Waals surface area contributed by atoms with Gasteiger partial charge in [0.15, 0.2) is 0 Å². The number of aromatic nitrogens is 2. The van der Waals surface area contributed by atoms with Crippen LogP contribution in [0.1, 0.15) is 63.0 Å². The molecule has 35 heavy (non-hydrogen) atoms. The first-order chi connectivity index (χ1) is 16.5. The predicted molar refractivity (Wildman–Crippen MR) is 129 cm³/mol. The number of nitrogens with one attached hydrogen (secondary N) is 2. The van der Waals surface area contributed by atoms with Crippen molar-refractivity contribution in [3.05, 3.63) is 60.2 Å². The van der Waals surface area contributed by atoms with E-state index in [0.29, 0.717) is 12.8 Å². The summed E-state index contributed by atoms with van der Waals surface area (Å²) in [6.45, 7) is 7.72. The van der Waals surface area contributed by atoms with E-state index in [1.807, 2.05) is 58.0 Å². The highest BCUT2D eigenvalue weighted by molar-refractivity contribution is 6.49. The summed E-state index contributed by atoms with van der Waals surface area (Å²) in [4.78, 5) is 46.9. The Labute approximate surface area is 205 Å². The molecule has 0 radical (unpaired) electrons. The molecule has 0 spiro atoms. The van der Waals surface area contributed by atoms with Gasteiger partial charge in [-0.3, -0.25) is 24.7 Å². The molecule has 2 atom stereocenters. The molecule has 2 aliphatic rings. The second-order valence-corrected chi connectivity index (χ2v) is 10.2. The van der Waals surface area contributed by atoms with E-state index in [9.17, 15) is 14.4 Å². The van der Waals surface area contributed by atoms with Crippen LogP contribution in [0.4, 0.5) is 0 Å². The van der Waals surface area contributed by atoms with Crippen LogP contribution in [0.5, 0.6) is 0 Å². The number of amides is 3. The molecule has 1 aromatic heterocycles. The molecule has 1 aromatic carbocycles. The van der Waals surface area contributed by atoms with E-state index >= 15 is 0 Å². The van der Waals surface area contributed by atoms with Crippen LogP contribution in [0, 0.1) is 0 Å². The highest BCUT2D eigenvalue weighted by Crippen LogP contribution is 2.46. The van der Waals surface area contributed by atoms with Crippen LogP contribution in [0.25, 0.3) is 0 Å². The Morgan fingerprint density at radius 3 is 2.37 bits per heavy atom. The van der Waals surface area contributed by atoms with E-state index in [-0.39, 0.29) is 12.1 Å². The summed E-state index contributed by atoms with van der Waals surface area (Å²) in [7, 11) is -0.811. The summed E-state index contributed by atoms with van der Waals surface area (Å²) in [6, 6.07) is 10.0. The number of hydrogen-bond acceptors (Lipinski definition) is 7. The van der Waals surface area contributed by atoms with Gasteiger partial charge in [0.25, 0.3) is 11.8 Å². The van der Waals surface area contributed by atoms with Crippen LogP contribution in [-0.2, 0) is 25.3 Å². The van der Waals surface area contributed by atoms with E-state index < -0.39 is 47.4 Å². The van der Waals surface area contributed by atoms with Gasteiger partial charge in [-0.2, -0.15) is 0 Å². The highest BCUT2D eigenvalue weighted by atomic mass is 16.7. The van der Waals surface area contributed by atoms with Gasteiger partial charge >= 0.3 is 7.12 Å². The van der Waals surface area contributed by atoms with Crippen molar-refractivity contribution in [1.82, 2.24) is 20.6 Å². The third-order valence-corrected chi connectivity index (χ3v) is 7.29. The lowest BCUT2D eigenvalue weighted by atomic mass is 9.58. The van der Waals surface area contributed by atoms with Gasteiger partial charge in [0.2, 0.25) is 5.91 Å². The molecule has 2 aromatic rings. The van der Waals surface area contributed by atoms with E-state index in [1.165, 1.54) is 18.6 Å². The second-order valence-electron chi connectivity index (χ2n) is 10.2. The number of rotatable bonds is 8. The number of nitrogens with zero attached hydrogens (tertiary/aromatic N) is 2. The normalized spacial score (nSPS) is 23.7. The Hall–Kier alpha value is -3.11. The molecule has 10 heteroatoms. The van der Waals surface area contributed by atoms with Crippen LogP contribution >= 0.6 is 0 Å². The minimum absolute atomic E-state index is 0.0518. The van der Waals surface area contributed by atoms with E-state index in [2.05, 4.69) is 20.6 Å². The lowest BCUT2D eigenvalue weighted by Gasteiger charge is -2.36. The van der Waals surface area contributed by atoms with Crippen molar-refractivity contribution in [2.45, 2.75) is 75.9 Å². The number of hydrogen-bond donors (Lipinski definition) is 2. The summed E-state index contributed by atoms with van der Waals surface area (Å²) in [5.41, 5.74) is -1.64. The van der Waals surface area contributed by atoms with Crippen molar-refractivity contribution < 1.29 is 23.7 Å². The smallest absolute Gasteiger partial charge is 0.403 e. The first-order valence-corrected chi connectivity index (χ1v) is 11.9. The average Bonchev–Trinajstić information content (AvgIpc) is 3.21. The van der Waals surface area contributed by atoms with Crippen molar-refractivity contribution in [3.8, 4) is 0 Å². The number of benzene rings is 1. The van der Waals surface area contributed by atoms with Gasteiger partial charge in [-0.15, -0.1) is 0 Å². The second kappa shape index (κ2) is 9.51. The summed E-state index contributed by atoms with van der Waals surface area (Å²) in [6.07, 6.45) is 5.90. The van der Waals surface area contributed by atoms with E-state index in [1.54, 1.807) is 0 Å². The van der Waals surface area contributed by atoms with Gasteiger partial charge < -0.3 is 14.6 Å². The fourth-order valence-electron chi connectivity index (χ4n) is 4.63. The highest BCUT2D eigenvalue weighted by Gasteiger charge is 2.63. The number of aryl methyl sites for hydroxylation is 1. The molecule has 9 nitrogen and oxygen atoms in total. The Balaban J connectivity index is 1.67. The standard InChI is InChI=1S/C25H31BN4O5/c1-23(2)24(3,4)35-26(34-23)19(12-8-11-17-9-6-5-7-10-17)25(15-20(31)29-22(25)33)30-21(32)18-16-27-13-14-28-18/h5-7,9-10,13-14,16,19H,8,11-12,15H2,1-4H3,(H,30,32)(H,29,31,33)/t19-,25?/m1/s1. The number of carbonyl (C=O) groups is 3. The summed E-state index contributed by atoms with van der Waals surface area (Å²) in [5, 5.41) is 5.21. The van der Waals surface area contributed by atoms with E-state index in [4.69, 9.17) is 9.31 Å². The molecule has 3 amide bonds. The molecule has 2 fully saturated rings. The maximum Gasteiger partial charge on any atom is 0.464 e. The molecule has 3 heterocycles. The lowest BCUT2D eigenvalue weighted by Crippen LogP contribution is -2.60. The summed E-state index contributed by atoms with van der Waals surface area (Å²) >= 11 is 0. The van der Waals surface area contributed by atoms with Crippen LogP contribution in [0.2, 0.25) is 5.82 Å². The minimum Gasteiger partial charge on any atom is -0.403 e. The van der Waals surface area contributed by atoms with Crippen molar-refractivity contribution >= 4 is 24.8 Å². The molecule has 1 unspecified atom stereocenters. The topological polar surface area (TPSA) is 120 Å². The maximum absolute atomic E-state index is 13.3. The van der Waals surface area contributed by atoms with Crippen LogP contribution in [-0.4, -0.2) is 51.5 Å². The summed E-state index contributed by atoms with van der Waals surface area (Å²) < 4.78 is 12.7. The predicted octanol–water partition coefficient (Wildman–Crippen LogP) is 2.48. The quantitative estimate of drug-likeness (QED) is 0.442. The molecule has 0 aliphatic carbocycles. The molecule has 184 valence electrons. The molecule has 4 rings (SSSR count). The fourth-order valence-corrected chi connectivity index (χ4v) is 4.63. The Kier molecular flexibility index (Phi) is 6.79. The Morgan fingerprint density at radius 1 is 1.11 bits per heavy atom. The maximum atomic E-state index is 13.3. The van der Waals surface area contributed by atoms with Gasteiger partial charge in [0, 0.05) is 18.2 Å². The first kappa shape index (κ1) is 25.0. The SMILES string of the molecule is CC1(C)OB([C@H](CCCc2ccccc2)C2(NC(=O)c3cnccn3)CC(=O)NC2=O)OC1(C)C. The van der Waals surface area contributed by atoms with Gasteiger partial charge in [0.1, 0.15) is 11.2 Å². The summed E-state index contributed by atoms with van der Waals surface area (Å²) in [5.74, 6) is -2.25. The lowest BCUT2D eigenvalue weighted by molar-refractivity contribution is -0.127. The zero-order valence-corrected chi connectivity index (χ0v) is 20.5. The molecule has 0 bridgehead atoms. The Bertz CT molecular complexity index is 1080. The van der Waals surface area contributed by atoms with Gasteiger partial charge in [-0.25, -0.2) is 4.98 Å². The Morgan fingerprint density at radius 2 is 1.80 bits per heavy atom. The zero-order chi connectivity index (χ0) is 25.3. The third kappa shape index (κ3) is 4.99.